The molecule has 0 spiro atoms. The summed E-state index contributed by atoms with van der Waals surface area (Å²) in [7, 11) is -3.70. The third kappa shape index (κ3) is 3.92. The number of phosphoric acid groups is 1. The number of ether oxygens (including phenoxy) is 3. The zero-order valence-corrected chi connectivity index (χ0v) is 17.0. The Morgan fingerprint density at radius 2 is 1.93 bits per heavy atom. The molecule has 4 rings (SSSR count). The molecule has 2 heterocycles. The largest absolute Gasteiger partial charge is 0.780 e. The molecule has 0 bridgehead atoms. The maximum absolute atomic E-state index is 11.1. The minimum atomic E-state index is -5.21. The molecule has 1 aliphatic rings. The third-order valence-corrected chi connectivity index (χ3v) is 5.38. The summed E-state index contributed by atoms with van der Waals surface area (Å²) in [5, 5.41) is 4.06. The molecule has 9 nitrogen and oxygen atoms in total. The fraction of sp³-hybridized carbons (Fsp3) is 0.167. The van der Waals surface area contributed by atoms with Gasteiger partial charge in [-0.05, 0) is 36.1 Å². The van der Waals surface area contributed by atoms with Crippen LogP contribution in [0.15, 0.2) is 46.0 Å². The lowest BCUT2D eigenvalue weighted by Gasteiger charge is -2.30. The molecule has 0 aliphatic carbocycles. The monoisotopic (exact) mass is 435 g/mol. The van der Waals surface area contributed by atoms with E-state index in [0.717, 1.165) is 0 Å². The number of benzene rings is 2. The maximum atomic E-state index is 11.1. The number of fused-ring (bicyclic) bond motifs is 1. The van der Waals surface area contributed by atoms with Gasteiger partial charge in [0, 0.05) is 16.0 Å². The minimum absolute atomic E-state index is 0.0567. The van der Waals surface area contributed by atoms with Gasteiger partial charge in [-0.2, -0.15) is 0 Å². The van der Waals surface area contributed by atoms with E-state index in [9.17, 15) is 14.4 Å². The lowest BCUT2D eigenvalue weighted by Crippen LogP contribution is -2.18. The van der Waals surface area contributed by atoms with Gasteiger partial charge < -0.3 is 37.6 Å². The number of phosphoric ester groups is 1. The summed E-state index contributed by atoms with van der Waals surface area (Å²) in [6.45, 7) is 0.0854. The van der Waals surface area contributed by atoms with Crippen LogP contribution in [-0.4, -0.2) is 25.3 Å². The van der Waals surface area contributed by atoms with Crippen LogP contribution in [0, 0.1) is 0 Å². The number of aromatic nitrogens is 1. The van der Waals surface area contributed by atoms with Crippen molar-refractivity contribution in [3.05, 3.63) is 36.6 Å². The molecule has 0 amide bonds. The Morgan fingerprint density at radius 3 is 2.66 bits per heavy atom. The van der Waals surface area contributed by atoms with E-state index in [-0.39, 0.29) is 12.5 Å². The Hall–Kier alpha value is -2.65. The third-order valence-electron chi connectivity index (χ3n) is 4.19. The molecule has 0 atom stereocenters. The van der Waals surface area contributed by atoms with Crippen LogP contribution in [0.4, 0.5) is 0 Å². The van der Waals surface area contributed by atoms with Crippen LogP contribution in [0.3, 0.4) is 0 Å². The number of thioether (sulfide) groups is 1. The fourth-order valence-electron chi connectivity index (χ4n) is 2.95. The smallest absolute Gasteiger partial charge is 0.231 e. The van der Waals surface area contributed by atoms with Crippen LogP contribution >= 0.6 is 19.6 Å². The SMILES string of the molecule is COc1cc(-c2nocc2-c2ccc(SC)c(OP(=O)([O-])[O-])c2)cc2c1OCO2. The highest BCUT2D eigenvalue weighted by Gasteiger charge is 2.23. The summed E-state index contributed by atoms with van der Waals surface area (Å²) < 4.78 is 37.1. The van der Waals surface area contributed by atoms with Gasteiger partial charge in [0.1, 0.15) is 25.5 Å². The van der Waals surface area contributed by atoms with Crippen molar-refractivity contribution in [2.45, 2.75) is 4.90 Å². The average molecular weight is 435 g/mol. The van der Waals surface area contributed by atoms with Gasteiger partial charge in [0.2, 0.25) is 12.5 Å². The number of rotatable bonds is 6. The van der Waals surface area contributed by atoms with Crippen LogP contribution in [-0.2, 0) is 4.57 Å². The number of nitrogens with zero attached hydrogens (tertiary/aromatic N) is 1. The van der Waals surface area contributed by atoms with Gasteiger partial charge in [0.05, 0.1) is 7.11 Å². The van der Waals surface area contributed by atoms with E-state index < -0.39 is 7.82 Å². The molecular weight excluding hydrogens is 421 g/mol. The first kappa shape index (κ1) is 19.7. The number of hydrogen-bond acceptors (Lipinski definition) is 10. The van der Waals surface area contributed by atoms with Gasteiger partial charge in [-0.25, -0.2) is 0 Å². The van der Waals surface area contributed by atoms with Gasteiger partial charge in [0.25, 0.3) is 0 Å². The van der Waals surface area contributed by atoms with Crippen molar-refractivity contribution in [1.29, 1.82) is 0 Å². The highest BCUT2D eigenvalue weighted by Crippen LogP contribution is 2.46. The molecule has 0 saturated heterocycles. The highest BCUT2D eigenvalue weighted by atomic mass is 32.2. The molecule has 2 aromatic carbocycles. The first-order chi connectivity index (χ1) is 13.9. The van der Waals surface area contributed by atoms with Crippen LogP contribution < -0.4 is 28.5 Å². The van der Waals surface area contributed by atoms with E-state index in [1.54, 1.807) is 30.5 Å². The van der Waals surface area contributed by atoms with E-state index in [2.05, 4.69) is 9.68 Å². The van der Waals surface area contributed by atoms with Gasteiger partial charge >= 0.3 is 0 Å². The summed E-state index contributed by atoms with van der Waals surface area (Å²) in [4.78, 5) is 22.7. The molecule has 11 heteroatoms. The van der Waals surface area contributed by atoms with Crippen molar-refractivity contribution in [3.63, 3.8) is 0 Å². The van der Waals surface area contributed by atoms with Crippen molar-refractivity contribution in [3.8, 4) is 45.4 Å². The van der Waals surface area contributed by atoms with Gasteiger partial charge in [-0.15, -0.1) is 11.8 Å². The average Bonchev–Trinajstić information content (AvgIpc) is 3.35. The molecule has 0 unspecified atom stereocenters. The highest BCUT2D eigenvalue weighted by molar-refractivity contribution is 7.98. The first-order valence-corrected chi connectivity index (χ1v) is 10.9. The first-order valence-electron chi connectivity index (χ1n) is 8.22. The Balaban J connectivity index is 1.80. The molecule has 29 heavy (non-hydrogen) atoms. The van der Waals surface area contributed by atoms with E-state index in [4.69, 9.17) is 18.7 Å². The summed E-state index contributed by atoms with van der Waals surface area (Å²) in [5.74, 6) is 1.43. The zero-order chi connectivity index (χ0) is 20.6. The molecule has 1 aromatic heterocycles. The van der Waals surface area contributed by atoms with Crippen molar-refractivity contribution in [1.82, 2.24) is 5.16 Å². The molecular formula is C18H14NO8PS-2. The molecule has 0 fully saturated rings. The molecule has 0 radical (unpaired) electrons. The topological polar surface area (TPSA) is 126 Å². The van der Waals surface area contributed by atoms with Crippen molar-refractivity contribution in [2.75, 3.05) is 20.2 Å². The predicted molar refractivity (Wildman–Crippen MR) is 100 cm³/mol. The van der Waals surface area contributed by atoms with E-state index >= 15 is 0 Å². The Bertz CT molecular complexity index is 1110. The second kappa shape index (κ2) is 7.64. The molecule has 3 aromatic rings. The van der Waals surface area contributed by atoms with Crippen molar-refractivity contribution >= 4 is 19.6 Å². The lowest BCUT2D eigenvalue weighted by atomic mass is 10.0. The predicted octanol–water partition coefficient (Wildman–Crippen LogP) is 2.68. The summed E-state index contributed by atoms with van der Waals surface area (Å²) in [5.41, 5.74) is 2.23. The normalized spacial score (nSPS) is 12.8. The summed E-state index contributed by atoms with van der Waals surface area (Å²) in [6, 6.07) is 8.32. The van der Waals surface area contributed by atoms with Crippen molar-refractivity contribution in [2.24, 2.45) is 0 Å². The molecule has 0 saturated carbocycles. The number of methoxy groups -OCH3 is 1. The Morgan fingerprint density at radius 1 is 1.14 bits per heavy atom. The second-order valence-corrected chi connectivity index (χ2v) is 7.82. The maximum Gasteiger partial charge on any atom is 0.231 e. The van der Waals surface area contributed by atoms with E-state index in [1.165, 1.54) is 31.2 Å². The molecule has 1 aliphatic heterocycles. The van der Waals surface area contributed by atoms with E-state index in [1.807, 2.05) is 0 Å². The summed E-state index contributed by atoms with van der Waals surface area (Å²) in [6.07, 6.45) is 3.16. The van der Waals surface area contributed by atoms with E-state index in [0.29, 0.717) is 44.5 Å². The Kier molecular flexibility index (Phi) is 5.18. The second-order valence-electron chi connectivity index (χ2n) is 5.89. The minimum Gasteiger partial charge on any atom is -0.780 e. The van der Waals surface area contributed by atoms with Gasteiger partial charge in [0.15, 0.2) is 11.5 Å². The number of hydrogen-bond donors (Lipinski definition) is 0. The molecule has 152 valence electrons. The van der Waals surface area contributed by atoms with Crippen LogP contribution in [0.2, 0.25) is 0 Å². The standard InChI is InChI=1S/C18H16NO8PS/c1-23-14-6-11(7-15-18(14)25-9-24-15)17-12(8-26-19-17)10-3-4-16(29-2)13(5-10)27-28(20,21)22/h3-8H,9H2,1-2H3,(H2,20,21,22)/p-2. The van der Waals surface area contributed by atoms with Gasteiger partial charge in [-0.1, -0.05) is 11.2 Å². The summed E-state index contributed by atoms with van der Waals surface area (Å²) >= 11 is 1.25. The molecule has 0 N–H and O–H groups in total. The quantitative estimate of drug-likeness (QED) is 0.421. The fourth-order valence-corrected chi connectivity index (χ4v) is 3.91. The zero-order valence-electron chi connectivity index (χ0n) is 15.2. The lowest BCUT2D eigenvalue weighted by molar-refractivity contribution is -0.333. The van der Waals surface area contributed by atoms with Gasteiger partial charge in [-0.3, -0.25) is 0 Å². The van der Waals surface area contributed by atoms with Crippen molar-refractivity contribution < 1.29 is 37.6 Å². The Labute approximate surface area is 169 Å². The van der Waals surface area contributed by atoms with Crippen LogP contribution in [0.5, 0.6) is 23.0 Å². The van der Waals surface area contributed by atoms with Crippen LogP contribution in [0.25, 0.3) is 22.4 Å². The van der Waals surface area contributed by atoms with Crippen LogP contribution in [0.1, 0.15) is 0 Å².